The fourth-order valence-corrected chi connectivity index (χ4v) is 23.6. The molecule has 70 valence electrons. The van der Waals surface area contributed by atoms with Gasteiger partial charge in [0.25, 0.3) is 0 Å². The van der Waals surface area contributed by atoms with Gasteiger partial charge in [-0.3, -0.25) is 23.4 Å². The average molecular weight is 287 g/mol. The molecule has 0 N–H and O–H groups in total. The Morgan fingerprint density at radius 2 is 1.19 bits per heavy atom. The Bertz CT molecular complexity index is 224. The fourth-order valence-electron chi connectivity index (χ4n) is 0.610. The van der Waals surface area contributed by atoms with E-state index >= 15 is 0 Å². The molecule has 0 amide bonds. The summed E-state index contributed by atoms with van der Waals surface area (Å²) < 4.78 is 0. The Balaban J connectivity index is 5.46. The molecule has 0 saturated carbocycles. The van der Waals surface area contributed by atoms with Gasteiger partial charge in [0.1, 0.15) is 57.0 Å². The van der Waals surface area contributed by atoms with Crippen LogP contribution >= 0.6 is 42.8 Å². The van der Waals surface area contributed by atoms with Crippen molar-refractivity contribution >= 4 is 107 Å². The number of hydrogen-bond donors (Lipinski definition) is 0. The highest BCUT2D eigenvalue weighted by Crippen LogP contribution is 3.00. The van der Waals surface area contributed by atoms with E-state index in [1.54, 1.807) is 6.92 Å². The summed E-state index contributed by atoms with van der Waals surface area (Å²) in [5.74, 6) is 0.378. The first kappa shape index (κ1) is 18.3. The lowest BCUT2D eigenvalue weighted by atomic mass is 10.7. The summed E-state index contributed by atoms with van der Waals surface area (Å²) in [5, 5.41) is 0. The molecule has 0 aromatic heterocycles. The minimum Gasteiger partial charge on any atom is -0.303 e. The molecule has 0 aliphatic carbocycles. The molecule has 0 fully saturated rings. The molecule has 0 aromatic rings. The summed E-state index contributed by atoms with van der Waals surface area (Å²) in [6.07, 6.45) is 0. The van der Waals surface area contributed by atoms with Gasteiger partial charge in [0.05, 0.1) is 0 Å². The Morgan fingerprint density at radius 3 is 1.44 bits per heavy atom. The van der Waals surface area contributed by atoms with Gasteiger partial charge in [-0.25, -0.2) is 0 Å². The van der Waals surface area contributed by atoms with Gasteiger partial charge in [0, 0.05) is 0 Å². The number of hydrogen-bond acceptors (Lipinski definition) is 1. The summed E-state index contributed by atoms with van der Waals surface area (Å²) in [4.78, 5) is 0. The van der Waals surface area contributed by atoms with Crippen molar-refractivity contribution < 1.29 is 0 Å². The van der Waals surface area contributed by atoms with E-state index in [1.807, 2.05) is 0 Å². The van der Waals surface area contributed by atoms with Gasteiger partial charge in [-0.2, -0.15) is 10.6 Å². The van der Waals surface area contributed by atoms with Gasteiger partial charge < -0.3 is 8.76 Å². The van der Waals surface area contributed by atoms with Crippen LogP contribution in [0.15, 0.2) is 0 Å². The van der Waals surface area contributed by atoms with Crippen molar-refractivity contribution in [3.05, 3.63) is 0 Å². The number of rotatable bonds is 5. The van der Waals surface area contributed by atoms with Crippen LogP contribution in [0.3, 0.4) is 0 Å². The lowest BCUT2D eigenvalue weighted by molar-refractivity contribution is 1.54. The lowest BCUT2D eigenvalue weighted by Crippen LogP contribution is -2.23. The van der Waals surface area contributed by atoms with Crippen LogP contribution in [0.5, 0.6) is 0 Å². The maximum absolute atomic E-state index is 5.97. The normalized spacial score (nSPS) is 18.8. The molecule has 0 aliphatic heterocycles. The molecule has 0 nitrogen and oxygen atoms in total. The summed E-state index contributed by atoms with van der Waals surface area (Å²) in [6, 6.07) is 0. The second kappa shape index (κ2) is 5.76. The largest absolute Gasteiger partial charge is 0.303 e. The standard InChI is InChI=1S/C2H5B9S5/c1-2-13(4,5)15(8,9)16(10,11)14(6,7)12-3/h2H2,1H3. The van der Waals surface area contributed by atoms with Crippen LogP contribution in [0.2, 0.25) is 0 Å². The summed E-state index contributed by atoms with van der Waals surface area (Å²) in [7, 11) is 42.9. The van der Waals surface area contributed by atoms with Crippen LogP contribution < -0.4 is 0 Å². The minimum absolute atomic E-state index is 0.378. The van der Waals surface area contributed by atoms with Crippen LogP contribution in [0.25, 0.3) is 0 Å². The first-order valence-corrected chi connectivity index (χ1v) is 13.9. The van der Waals surface area contributed by atoms with Crippen molar-refractivity contribution in [1.29, 1.82) is 0 Å². The van der Waals surface area contributed by atoms with E-state index in [2.05, 4.69) is 0 Å². The smallest absolute Gasteiger partial charge is 0.174 e. The van der Waals surface area contributed by atoms with Gasteiger partial charge in [-0.15, -0.1) is 0 Å². The molecule has 0 bridgehead atoms. The Kier molecular flexibility index (Phi) is 6.60. The third-order valence-electron chi connectivity index (χ3n) is 1.90. The van der Waals surface area contributed by atoms with Crippen LogP contribution in [-0.4, -0.2) is 69.9 Å². The van der Waals surface area contributed by atoms with Gasteiger partial charge in [-0.1, -0.05) is 6.92 Å². The molecule has 0 atom stereocenters. The van der Waals surface area contributed by atoms with E-state index < -0.39 is 32.1 Å². The molecule has 0 unspecified atom stereocenters. The molecule has 0 heterocycles. The zero-order valence-corrected chi connectivity index (χ0v) is 13.0. The summed E-state index contributed by atoms with van der Waals surface area (Å²) in [5.41, 5.74) is 0. The van der Waals surface area contributed by atoms with Gasteiger partial charge in [0.15, 0.2) is 7.12 Å². The maximum atomic E-state index is 5.97. The highest BCUT2D eigenvalue weighted by molar-refractivity contribution is 9.82. The predicted octanol–water partition coefficient (Wildman–Crippen LogP) is 0.369. The van der Waals surface area contributed by atoms with E-state index in [9.17, 15) is 0 Å². The molecule has 14 heteroatoms. The maximum Gasteiger partial charge on any atom is 0.174 e. The third-order valence-corrected chi connectivity index (χ3v) is 27.8. The van der Waals surface area contributed by atoms with Crippen molar-refractivity contribution in [3.8, 4) is 0 Å². The molecule has 0 aromatic carbocycles. The average Bonchev–Trinajstić information content (AvgIpc) is 2.16. The monoisotopic (exact) mass is 288 g/mol. The molecule has 16 heavy (non-hydrogen) atoms. The Hall–Kier alpha value is 2.33. The van der Waals surface area contributed by atoms with Crippen molar-refractivity contribution in [3.63, 3.8) is 0 Å². The van der Waals surface area contributed by atoms with Crippen LogP contribution in [-0.2, 0) is 0 Å². The lowest BCUT2D eigenvalue weighted by Gasteiger charge is -2.74. The van der Waals surface area contributed by atoms with Crippen LogP contribution in [0.1, 0.15) is 6.92 Å². The molecule has 0 aliphatic rings. The van der Waals surface area contributed by atoms with Crippen molar-refractivity contribution in [1.82, 2.24) is 0 Å². The van der Waals surface area contributed by atoms with E-state index in [0.717, 1.165) is 0 Å². The van der Waals surface area contributed by atoms with Gasteiger partial charge in [-0.05, 0) is 5.75 Å². The Labute approximate surface area is 119 Å². The van der Waals surface area contributed by atoms with E-state index in [4.69, 9.17) is 64.1 Å². The topological polar surface area (TPSA) is 0 Å². The first-order chi connectivity index (χ1) is 6.87. The molecule has 0 spiro atoms. The predicted molar refractivity (Wildman–Crippen MR) is 100 cm³/mol. The molecular formula is C2H5B9S5. The summed E-state index contributed by atoms with van der Waals surface area (Å²) in [6.45, 7) is 1.76. The van der Waals surface area contributed by atoms with Crippen molar-refractivity contribution in [2.24, 2.45) is 0 Å². The van der Waals surface area contributed by atoms with Crippen LogP contribution in [0, 0.1) is 0 Å². The molecule has 0 saturated heterocycles. The van der Waals surface area contributed by atoms with E-state index in [-0.39, 0.29) is 0 Å². The van der Waals surface area contributed by atoms with Crippen molar-refractivity contribution in [2.75, 3.05) is 5.75 Å². The van der Waals surface area contributed by atoms with Gasteiger partial charge in [0.2, 0.25) is 0 Å². The highest BCUT2D eigenvalue weighted by atomic mass is 33.9. The molecule has 0 rings (SSSR count). The molecule has 18 radical (unpaired) electrons. The second-order valence-corrected chi connectivity index (χ2v) is 23.1. The zero-order chi connectivity index (χ0) is 13.4. The highest BCUT2D eigenvalue weighted by Gasteiger charge is 2.39. The van der Waals surface area contributed by atoms with Crippen LogP contribution in [0.4, 0.5) is 0 Å². The minimum atomic E-state index is -2.76. The van der Waals surface area contributed by atoms with E-state index in [1.165, 1.54) is 0 Å². The summed E-state index contributed by atoms with van der Waals surface area (Å²) >= 11 is 0. The second-order valence-electron chi connectivity index (χ2n) is 2.93. The van der Waals surface area contributed by atoms with Crippen molar-refractivity contribution in [2.45, 2.75) is 6.92 Å². The zero-order valence-electron chi connectivity index (χ0n) is 8.94. The molecular weight excluding hydrogens is 282 g/mol. The quantitative estimate of drug-likeness (QED) is 0.520. The third kappa shape index (κ3) is 3.08. The SMILES string of the molecule is [B]SS([B])([B])S([B])([B])S([B])([B])S([B])([B])CC. The first-order valence-electron chi connectivity index (χ1n) is 3.78. The Morgan fingerprint density at radius 1 is 0.812 bits per heavy atom. The van der Waals surface area contributed by atoms with E-state index in [0.29, 0.717) is 16.4 Å². The fraction of sp³-hybridized carbons (Fsp3) is 1.00. The van der Waals surface area contributed by atoms with Gasteiger partial charge >= 0.3 is 0 Å².